The third-order valence-corrected chi connectivity index (χ3v) is 3.24. The molecule has 0 aromatic rings. The molecule has 0 aliphatic carbocycles. The Kier molecular flexibility index (Phi) is 4.03. The second-order valence-corrected chi connectivity index (χ2v) is 5.29. The highest BCUT2D eigenvalue weighted by Gasteiger charge is 2.56. The van der Waals surface area contributed by atoms with Crippen LogP contribution < -0.4 is 0 Å². The van der Waals surface area contributed by atoms with Crippen molar-refractivity contribution in [2.24, 2.45) is 5.41 Å². The highest BCUT2D eigenvalue weighted by Crippen LogP contribution is 2.44. The van der Waals surface area contributed by atoms with Gasteiger partial charge in [-0.25, -0.2) is 0 Å². The van der Waals surface area contributed by atoms with Crippen LogP contribution in [0.1, 0.15) is 27.7 Å². The van der Waals surface area contributed by atoms with Crippen molar-refractivity contribution in [1.29, 1.82) is 0 Å². The zero-order chi connectivity index (χ0) is 14.1. The zero-order valence-corrected chi connectivity index (χ0v) is 11.8. The fourth-order valence-corrected chi connectivity index (χ4v) is 2.36. The number of rotatable bonds is 3. The van der Waals surface area contributed by atoms with Gasteiger partial charge in [0.25, 0.3) is 0 Å². The summed E-state index contributed by atoms with van der Waals surface area (Å²) in [6, 6.07) is 0. The van der Waals surface area contributed by atoms with Crippen LogP contribution >= 0.6 is 0 Å². The highest BCUT2D eigenvalue weighted by atomic mass is 16.7. The molecule has 1 fully saturated rings. The molecule has 0 saturated carbocycles. The molecule has 0 aromatic heterocycles. The maximum Gasteiger partial charge on any atom is 0.317 e. The second-order valence-electron chi connectivity index (χ2n) is 5.29. The van der Waals surface area contributed by atoms with Crippen molar-refractivity contribution in [1.82, 2.24) is 0 Å². The van der Waals surface area contributed by atoms with Crippen LogP contribution in [0, 0.1) is 5.41 Å². The first-order valence-corrected chi connectivity index (χ1v) is 5.91. The molecule has 3 atom stereocenters. The summed E-state index contributed by atoms with van der Waals surface area (Å²) >= 11 is 0. The number of ether oxygens (including phenoxy) is 3. The van der Waals surface area contributed by atoms with Gasteiger partial charge in [0.1, 0.15) is 11.5 Å². The maximum atomic E-state index is 12.1. The average Bonchev–Trinajstić information content (AvgIpc) is 2.30. The molecule has 1 aliphatic heterocycles. The second kappa shape index (κ2) is 4.86. The van der Waals surface area contributed by atoms with E-state index in [4.69, 9.17) is 14.2 Å². The molecule has 1 rings (SSSR count). The van der Waals surface area contributed by atoms with Gasteiger partial charge in [-0.15, -0.1) is 6.58 Å². The minimum absolute atomic E-state index is 0.393. The van der Waals surface area contributed by atoms with E-state index in [0.29, 0.717) is 0 Å². The van der Waals surface area contributed by atoms with Gasteiger partial charge in [0, 0.05) is 0 Å². The van der Waals surface area contributed by atoms with Gasteiger partial charge in [0.2, 0.25) is 0 Å². The number of hydrogen-bond donors (Lipinski definition) is 0. The monoisotopic (exact) mass is 254 g/mol. The molecule has 0 amide bonds. The summed E-state index contributed by atoms with van der Waals surface area (Å²) in [6.45, 7) is 14.8. The minimum Gasteiger partial charge on any atom is -0.468 e. The molecule has 1 aliphatic rings. The van der Waals surface area contributed by atoms with E-state index in [1.807, 2.05) is 6.92 Å². The van der Waals surface area contributed by atoms with Gasteiger partial charge in [0.05, 0.1) is 13.2 Å². The van der Waals surface area contributed by atoms with Gasteiger partial charge < -0.3 is 14.2 Å². The van der Waals surface area contributed by atoms with Gasteiger partial charge in [-0.2, -0.15) is 0 Å². The molecule has 1 heterocycles. The van der Waals surface area contributed by atoms with E-state index >= 15 is 0 Å². The molecular weight excluding hydrogens is 232 g/mol. The lowest BCUT2D eigenvalue weighted by Crippen LogP contribution is -2.60. The van der Waals surface area contributed by atoms with Crippen LogP contribution in [0.15, 0.2) is 24.8 Å². The first-order chi connectivity index (χ1) is 8.19. The van der Waals surface area contributed by atoms with Crippen LogP contribution in [0.25, 0.3) is 0 Å². The van der Waals surface area contributed by atoms with Crippen molar-refractivity contribution < 1.29 is 19.0 Å². The predicted molar refractivity (Wildman–Crippen MR) is 69.0 cm³/mol. The van der Waals surface area contributed by atoms with Crippen molar-refractivity contribution in [2.45, 2.75) is 45.7 Å². The van der Waals surface area contributed by atoms with Crippen molar-refractivity contribution in [3.05, 3.63) is 24.8 Å². The van der Waals surface area contributed by atoms with Crippen LogP contribution in [0.3, 0.4) is 0 Å². The Balaban J connectivity index is 3.27. The molecule has 1 saturated heterocycles. The van der Waals surface area contributed by atoms with E-state index < -0.39 is 29.4 Å². The van der Waals surface area contributed by atoms with Crippen molar-refractivity contribution in [3.8, 4) is 0 Å². The first-order valence-electron chi connectivity index (χ1n) is 5.91. The lowest BCUT2D eigenvalue weighted by Gasteiger charge is -2.50. The number of hydrogen-bond acceptors (Lipinski definition) is 4. The van der Waals surface area contributed by atoms with Crippen LogP contribution in [-0.4, -0.2) is 31.1 Å². The summed E-state index contributed by atoms with van der Waals surface area (Å²) in [5, 5.41) is 0. The number of carbonyl (C=O) groups is 1. The van der Waals surface area contributed by atoms with E-state index in [-0.39, 0.29) is 0 Å². The van der Waals surface area contributed by atoms with E-state index in [1.54, 1.807) is 26.8 Å². The van der Waals surface area contributed by atoms with E-state index in [2.05, 4.69) is 13.2 Å². The average molecular weight is 254 g/mol. The van der Waals surface area contributed by atoms with Crippen molar-refractivity contribution in [3.63, 3.8) is 0 Å². The Morgan fingerprint density at radius 3 is 2.28 bits per heavy atom. The fourth-order valence-electron chi connectivity index (χ4n) is 2.36. The largest absolute Gasteiger partial charge is 0.468 e. The molecule has 4 nitrogen and oxygen atoms in total. The Morgan fingerprint density at radius 2 is 1.89 bits per heavy atom. The SMILES string of the molecule is C=C[C@H]1OC(C)(C)O[C@H](C(=C)C)[C@@]1(C)C(=O)OC. The Hall–Kier alpha value is -1.13. The standard InChI is InChI=1S/C14H22O4/c1-8-10-14(6,12(15)16-7)11(9(2)3)18-13(4,5)17-10/h8,10-11H,1-2H2,3-7H3/t10-,11-,14+/m1/s1. The van der Waals surface area contributed by atoms with Crippen LogP contribution in [0.4, 0.5) is 0 Å². The summed E-state index contributed by atoms with van der Waals surface area (Å²) in [5.41, 5.74) is -0.219. The molecule has 4 heteroatoms. The van der Waals surface area contributed by atoms with E-state index in [1.165, 1.54) is 7.11 Å². The van der Waals surface area contributed by atoms with Gasteiger partial charge >= 0.3 is 5.97 Å². The molecule has 0 radical (unpaired) electrons. The summed E-state index contributed by atoms with van der Waals surface area (Å²) in [7, 11) is 1.35. The highest BCUT2D eigenvalue weighted by molar-refractivity contribution is 5.79. The Labute approximate surface area is 109 Å². The minimum atomic E-state index is -0.974. The van der Waals surface area contributed by atoms with Crippen LogP contribution in [0.5, 0.6) is 0 Å². The van der Waals surface area contributed by atoms with Crippen LogP contribution in [0.2, 0.25) is 0 Å². The molecular formula is C14H22O4. The molecule has 18 heavy (non-hydrogen) atoms. The molecule has 0 spiro atoms. The van der Waals surface area contributed by atoms with Crippen LogP contribution in [-0.2, 0) is 19.0 Å². The van der Waals surface area contributed by atoms with Gasteiger partial charge in [-0.05, 0) is 27.7 Å². The summed E-state index contributed by atoms with van der Waals surface area (Å²) in [5.74, 6) is -1.19. The van der Waals surface area contributed by atoms with E-state index in [9.17, 15) is 4.79 Å². The normalized spacial score (nSPS) is 34.7. The molecule has 102 valence electrons. The first kappa shape index (κ1) is 14.9. The maximum absolute atomic E-state index is 12.1. The fraction of sp³-hybridized carbons (Fsp3) is 0.643. The Morgan fingerprint density at radius 1 is 1.33 bits per heavy atom. The number of carbonyl (C=O) groups excluding carboxylic acids is 1. The van der Waals surface area contributed by atoms with Gasteiger partial charge in [0.15, 0.2) is 5.79 Å². The molecule has 0 aromatic carbocycles. The summed E-state index contributed by atoms with van der Waals surface area (Å²) in [4.78, 5) is 12.1. The lowest BCUT2D eigenvalue weighted by molar-refractivity contribution is -0.322. The summed E-state index contributed by atoms with van der Waals surface area (Å²) in [6.07, 6.45) is 0.643. The third kappa shape index (κ3) is 2.35. The van der Waals surface area contributed by atoms with Gasteiger partial charge in [-0.3, -0.25) is 4.79 Å². The quantitative estimate of drug-likeness (QED) is 0.573. The topological polar surface area (TPSA) is 44.8 Å². The third-order valence-electron chi connectivity index (χ3n) is 3.24. The van der Waals surface area contributed by atoms with Gasteiger partial charge in [-0.1, -0.05) is 18.2 Å². The predicted octanol–water partition coefficient (Wildman–Crippen LogP) is 2.45. The van der Waals surface area contributed by atoms with E-state index in [0.717, 1.165) is 5.57 Å². The lowest BCUT2D eigenvalue weighted by atomic mass is 9.74. The Bertz CT molecular complexity index is 372. The summed E-state index contributed by atoms with van der Waals surface area (Å²) < 4.78 is 16.5. The number of esters is 1. The van der Waals surface area contributed by atoms with Crippen molar-refractivity contribution in [2.75, 3.05) is 7.11 Å². The number of methoxy groups -OCH3 is 1. The zero-order valence-electron chi connectivity index (χ0n) is 11.8. The van der Waals surface area contributed by atoms with Crippen molar-refractivity contribution >= 4 is 5.97 Å². The molecule has 0 N–H and O–H groups in total. The molecule has 0 unspecified atom stereocenters. The smallest absolute Gasteiger partial charge is 0.317 e. The molecule has 0 bridgehead atoms.